The number of rotatable bonds is 3. The standard InChI is InChI=1S/C12H18O/c1-3-5-6-11-7-10(4-2)8-12(13)9-11/h4-6,10-11H,2-3,7-9H2,1H3/b6-5-/t10-,11+/m1/s1. The van der Waals surface area contributed by atoms with E-state index < -0.39 is 0 Å². The largest absolute Gasteiger partial charge is 0.300 e. The van der Waals surface area contributed by atoms with Crippen LogP contribution < -0.4 is 0 Å². The van der Waals surface area contributed by atoms with Gasteiger partial charge in [0.25, 0.3) is 0 Å². The van der Waals surface area contributed by atoms with Crippen LogP contribution in [0.3, 0.4) is 0 Å². The molecule has 0 radical (unpaired) electrons. The van der Waals surface area contributed by atoms with Gasteiger partial charge in [0.2, 0.25) is 0 Å². The maximum atomic E-state index is 11.3. The van der Waals surface area contributed by atoms with E-state index in [1.807, 2.05) is 6.08 Å². The molecule has 0 N–H and O–H groups in total. The van der Waals surface area contributed by atoms with Crippen molar-refractivity contribution in [2.24, 2.45) is 11.8 Å². The van der Waals surface area contributed by atoms with E-state index in [0.717, 1.165) is 19.3 Å². The molecule has 1 aliphatic carbocycles. The summed E-state index contributed by atoms with van der Waals surface area (Å²) in [5.74, 6) is 1.26. The molecule has 0 spiro atoms. The highest BCUT2D eigenvalue weighted by atomic mass is 16.1. The molecule has 0 aromatic heterocycles. The highest BCUT2D eigenvalue weighted by Crippen LogP contribution is 2.28. The normalized spacial score (nSPS) is 29.5. The Morgan fingerprint density at radius 2 is 2.15 bits per heavy atom. The van der Waals surface area contributed by atoms with E-state index in [-0.39, 0.29) is 0 Å². The number of carbonyl (C=O) groups is 1. The van der Waals surface area contributed by atoms with Crippen LogP contribution in [0.15, 0.2) is 24.8 Å². The van der Waals surface area contributed by atoms with Crippen molar-refractivity contribution in [2.75, 3.05) is 0 Å². The average molecular weight is 178 g/mol. The summed E-state index contributed by atoms with van der Waals surface area (Å²) in [7, 11) is 0. The summed E-state index contributed by atoms with van der Waals surface area (Å²) in [6.45, 7) is 5.87. The summed E-state index contributed by atoms with van der Waals surface area (Å²) in [6, 6.07) is 0. The van der Waals surface area contributed by atoms with Gasteiger partial charge in [-0.2, -0.15) is 0 Å². The van der Waals surface area contributed by atoms with Gasteiger partial charge in [-0.25, -0.2) is 0 Å². The van der Waals surface area contributed by atoms with Crippen molar-refractivity contribution >= 4 is 5.78 Å². The molecule has 13 heavy (non-hydrogen) atoms. The first kappa shape index (κ1) is 10.2. The number of hydrogen-bond donors (Lipinski definition) is 0. The summed E-state index contributed by atoms with van der Waals surface area (Å²) in [6.07, 6.45) is 9.87. The second kappa shape index (κ2) is 5.00. The fourth-order valence-electron chi connectivity index (χ4n) is 1.88. The minimum atomic E-state index is 0.391. The quantitative estimate of drug-likeness (QED) is 0.607. The Hall–Kier alpha value is -0.850. The van der Waals surface area contributed by atoms with Gasteiger partial charge in [-0.15, -0.1) is 6.58 Å². The molecule has 0 aromatic carbocycles. The van der Waals surface area contributed by atoms with Crippen LogP contribution in [0.4, 0.5) is 0 Å². The molecule has 0 heterocycles. The van der Waals surface area contributed by atoms with Crippen molar-refractivity contribution in [3.05, 3.63) is 24.8 Å². The van der Waals surface area contributed by atoms with Crippen molar-refractivity contribution in [3.8, 4) is 0 Å². The molecule has 1 aliphatic rings. The molecule has 1 heteroatoms. The number of ketones is 1. The van der Waals surface area contributed by atoms with Crippen LogP contribution >= 0.6 is 0 Å². The van der Waals surface area contributed by atoms with Crippen molar-refractivity contribution < 1.29 is 4.79 Å². The van der Waals surface area contributed by atoms with Crippen molar-refractivity contribution in [1.29, 1.82) is 0 Å². The monoisotopic (exact) mass is 178 g/mol. The zero-order valence-electron chi connectivity index (χ0n) is 8.33. The van der Waals surface area contributed by atoms with Gasteiger partial charge < -0.3 is 0 Å². The van der Waals surface area contributed by atoms with E-state index in [4.69, 9.17) is 0 Å². The van der Waals surface area contributed by atoms with E-state index >= 15 is 0 Å². The van der Waals surface area contributed by atoms with Gasteiger partial charge >= 0.3 is 0 Å². The molecule has 1 fully saturated rings. The molecule has 0 aromatic rings. The third kappa shape index (κ3) is 3.17. The van der Waals surface area contributed by atoms with Gasteiger partial charge in [0, 0.05) is 12.8 Å². The lowest BCUT2D eigenvalue weighted by atomic mass is 9.80. The van der Waals surface area contributed by atoms with Gasteiger partial charge in [-0.05, 0) is 24.7 Å². The lowest BCUT2D eigenvalue weighted by Gasteiger charge is -2.23. The smallest absolute Gasteiger partial charge is 0.134 e. The van der Waals surface area contributed by atoms with E-state index in [2.05, 4.69) is 25.7 Å². The number of allylic oxidation sites excluding steroid dienone is 3. The van der Waals surface area contributed by atoms with Crippen LogP contribution in [0.5, 0.6) is 0 Å². The fraction of sp³-hybridized carbons (Fsp3) is 0.583. The molecule has 0 bridgehead atoms. The van der Waals surface area contributed by atoms with Gasteiger partial charge in [-0.1, -0.05) is 25.2 Å². The van der Waals surface area contributed by atoms with Crippen molar-refractivity contribution in [3.63, 3.8) is 0 Å². The maximum absolute atomic E-state index is 11.3. The molecule has 0 saturated heterocycles. The molecular formula is C12H18O. The fourth-order valence-corrected chi connectivity index (χ4v) is 1.88. The third-order valence-electron chi connectivity index (χ3n) is 2.56. The second-order valence-corrected chi connectivity index (χ2v) is 3.77. The Labute approximate surface area is 80.5 Å². The van der Waals surface area contributed by atoms with Gasteiger partial charge in [0.1, 0.15) is 5.78 Å². The van der Waals surface area contributed by atoms with E-state index in [1.54, 1.807) is 0 Å². The molecular weight excluding hydrogens is 160 g/mol. The van der Waals surface area contributed by atoms with E-state index in [1.165, 1.54) is 0 Å². The zero-order chi connectivity index (χ0) is 9.68. The topological polar surface area (TPSA) is 17.1 Å². The van der Waals surface area contributed by atoms with Crippen LogP contribution in [0.1, 0.15) is 32.6 Å². The van der Waals surface area contributed by atoms with Crippen LogP contribution in [0, 0.1) is 11.8 Å². The van der Waals surface area contributed by atoms with Crippen LogP contribution in [0.2, 0.25) is 0 Å². The number of carbonyl (C=O) groups excluding carboxylic acids is 1. The van der Waals surface area contributed by atoms with Crippen LogP contribution in [0.25, 0.3) is 0 Å². The molecule has 1 nitrogen and oxygen atoms in total. The number of Topliss-reactive ketones (excluding diaryl/α,β-unsaturated/α-hetero) is 1. The van der Waals surface area contributed by atoms with Gasteiger partial charge in [0.05, 0.1) is 0 Å². The predicted molar refractivity (Wildman–Crippen MR) is 55.5 cm³/mol. The summed E-state index contributed by atoms with van der Waals surface area (Å²) in [5, 5.41) is 0. The van der Waals surface area contributed by atoms with Gasteiger partial charge in [0.15, 0.2) is 0 Å². The summed E-state index contributed by atoms with van der Waals surface area (Å²) < 4.78 is 0. The SMILES string of the molecule is C=C[C@H]1CC(=O)C[C@@H](/C=C\CC)C1. The molecule has 0 amide bonds. The predicted octanol–water partition coefficient (Wildman–Crippen LogP) is 3.12. The van der Waals surface area contributed by atoms with Crippen LogP contribution in [-0.2, 0) is 4.79 Å². The van der Waals surface area contributed by atoms with Crippen LogP contribution in [-0.4, -0.2) is 5.78 Å². The Bertz CT molecular complexity index is 215. The zero-order valence-corrected chi connectivity index (χ0v) is 8.33. The Morgan fingerprint density at radius 3 is 2.77 bits per heavy atom. The summed E-state index contributed by atoms with van der Waals surface area (Å²) >= 11 is 0. The summed E-state index contributed by atoms with van der Waals surface area (Å²) in [5.41, 5.74) is 0. The minimum absolute atomic E-state index is 0.391. The molecule has 1 saturated carbocycles. The molecule has 2 atom stereocenters. The lowest BCUT2D eigenvalue weighted by molar-refractivity contribution is -0.121. The van der Waals surface area contributed by atoms with Crippen molar-refractivity contribution in [1.82, 2.24) is 0 Å². The highest BCUT2D eigenvalue weighted by molar-refractivity contribution is 5.80. The minimum Gasteiger partial charge on any atom is -0.300 e. The highest BCUT2D eigenvalue weighted by Gasteiger charge is 2.23. The third-order valence-corrected chi connectivity index (χ3v) is 2.56. The van der Waals surface area contributed by atoms with E-state index in [0.29, 0.717) is 24.0 Å². The Balaban J connectivity index is 2.51. The second-order valence-electron chi connectivity index (χ2n) is 3.77. The van der Waals surface area contributed by atoms with Gasteiger partial charge in [-0.3, -0.25) is 4.79 Å². The maximum Gasteiger partial charge on any atom is 0.134 e. The van der Waals surface area contributed by atoms with E-state index in [9.17, 15) is 4.79 Å². The average Bonchev–Trinajstić information content (AvgIpc) is 2.14. The number of hydrogen-bond acceptors (Lipinski definition) is 1. The Morgan fingerprint density at radius 1 is 1.46 bits per heavy atom. The first-order valence-corrected chi connectivity index (χ1v) is 5.07. The summed E-state index contributed by atoms with van der Waals surface area (Å²) in [4.78, 5) is 11.3. The lowest BCUT2D eigenvalue weighted by Crippen LogP contribution is -2.20. The molecule has 0 aliphatic heterocycles. The first-order chi connectivity index (χ1) is 6.26. The first-order valence-electron chi connectivity index (χ1n) is 5.07. The Kier molecular flexibility index (Phi) is 3.94. The molecule has 1 rings (SSSR count). The molecule has 0 unspecified atom stereocenters. The van der Waals surface area contributed by atoms with Crippen molar-refractivity contribution in [2.45, 2.75) is 32.6 Å². The molecule has 72 valence electrons.